The van der Waals surface area contributed by atoms with Crippen molar-refractivity contribution in [3.8, 4) is 0 Å². The van der Waals surface area contributed by atoms with Gasteiger partial charge in [0, 0.05) is 25.6 Å². The fourth-order valence-corrected chi connectivity index (χ4v) is 4.37. The summed E-state index contributed by atoms with van der Waals surface area (Å²) in [5.74, 6) is -0.0297. The minimum atomic E-state index is -1.10. The summed E-state index contributed by atoms with van der Waals surface area (Å²) < 4.78 is 15.7. The number of halogens is 1. The summed E-state index contributed by atoms with van der Waals surface area (Å²) in [6, 6.07) is 6.84. The maximum absolute atomic E-state index is 13.0. The summed E-state index contributed by atoms with van der Waals surface area (Å²) in [6.45, 7) is 1.24. The van der Waals surface area contributed by atoms with Gasteiger partial charge in [-0.1, -0.05) is 12.1 Å². The Morgan fingerprint density at radius 2 is 1.89 bits per heavy atom. The van der Waals surface area contributed by atoms with Gasteiger partial charge in [0.1, 0.15) is 17.7 Å². The van der Waals surface area contributed by atoms with Crippen LogP contribution in [0.25, 0.3) is 5.52 Å². The third kappa shape index (κ3) is 5.19. The summed E-state index contributed by atoms with van der Waals surface area (Å²) in [6.07, 6.45) is 5.58. The smallest absolute Gasteiger partial charge is 0.319 e. The average molecular weight is 483 g/mol. The number of piperidine rings is 1. The molecule has 1 saturated carbocycles. The van der Waals surface area contributed by atoms with E-state index in [0.717, 1.165) is 18.4 Å². The molecule has 3 N–H and O–H groups in total. The highest BCUT2D eigenvalue weighted by molar-refractivity contribution is 5.90. The Morgan fingerprint density at radius 3 is 2.57 bits per heavy atom. The second-order valence-electron chi connectivity index (χ2n) is 9.38. The Kier molecular flexibility index (Phi) is 6.01. The van der Waals surface area contributed by atoms with Crippen LogP contribution in [0, 0.1) is 11.7 Å². The molecule has 1 aliphatic heterocycles. The van der Waals surface area contributed by atoms with Crippen LogP contribution >= 0.6 is 0 Å². The number of fused-ring (bicyclic) bond motifs is 1. The number of benzene rings is 1. The molecule has 2 fully saturated rings. The van der Waals surface area contributed by atoms with Crippen LogP contribution < -0.4 is 16.2 Å². The number of rotatable bonds is 6. The van der Waals surface area contributed by atoms with Crippen molar-refractivity contribution < 1.29 is 19.1 Å². The van der Waals surface area contributed by atoms with Gasteiger partial charge in [-0.2, -0.15) is 5.10 Å². The minimum absolute atomic E-state index is 0.0763. The summed E-state index contributed by atoms with van der Waals surface area (Å²) >= 11 is 0. The van der Waals surface area contributed by atoms with E-state index in [9.17, 15) is 23.9 Å². The largest absolute Gasteiger partial charge is 0.388 e. The minimum Gasteiger partial charge on any atom is -0.388 e. The second-order valence-corrected chi connectivity index (χ2v) is 9.38. The van der Waals surface area contributed by atoms with Crippen molar-refractivity contribution in [2.75, 3.05) is 18.4 Å². The van der Waals surface area contributed by atoms with Crippen LogP contribution in [0.5, 0.6) is 0 Å². The summed E-state index contributed by atoms with van der Waals surface area (Å²) in [4.78, 5) is 39.3. The van der Waals surface area contributed by atoms with Crippen molar-refractivity contribution in [1.29, 1.82) is 0 Å². The first-order valence-corrected chi connectivity index (χ1v) is 11.7. The number of hydrogen-bond donors (Lipinski definition) is 3. The van der Waals surface area contributed by atoms with Crippen LogP contribution in [-0.4, -0.2) is 54.8 Å². The number of amides is 3. The summed E-state index contributed by atoms with van der Waals surface area (Å²) in [5, 5.41) is 20.6. The molecule has 11 heteroatoms. The lowest BCUT2D eigenvalue weighted by Gasteiger charge is -2.38. The molecule has 10 nitrogen and oxygen atoms in total. The zero-order valence-corrected chi connectivity index (χ0v) is 19.1. The normalized spacial score (nSPS) is 17.4. The van der Waals surface area contributed by atoms with Crippen molar-refractivity contribution in [2.45, 2.75) is 44.4 Å². The third-order valence-corrected chi connectivity index (χ3v) is 6.62. The van der Waals surface area contributed by atoms with E-state index in [1.54, 1.807) is 12.1 Å². The van der Waals surface area contributed by atoms with Crippen molar-refractivity contribution in [2.24, 2.45) is 5.92 Å². The van der Waals surface area contributed by atoms with Crippen LogP contribution in [0.3, 0.4) is 0 Å². The molecule has 0 radical (unpaired) electrons. The van der Waals surface area contributed by atoms with Gasteiger partial charge in [0.15, 0.2) is 0 Å². The molecular weight excluding hydrogens is 455 g/mol. The topological polar surface area (TPSA) is 121 Å². The first-order chi connectivity index (χ1) is 16.8. The molecule has 5 rings (SSSR count). The Morgan fingerprint density at radius 1 is 1.17 bits per heavy atom. The van der Waals surface area contributed by atoms with Crippen molar-refractivity contribution in [3.05, 3.63) is 64.6 Å². The first-order valence-electron chi connectivity index (χ1n) is 11.7. The zero-order valence-electron chi connectivity index (χ0n) is 19.1. The number of hydrogen-bond acceptors (Lipinski definition) is 5. The number of carbonyl (C=O) groups is 2. The number of carbonyl (C=O) groups excluding carboxylic acids is 2. The molecule has 2 aliphatic rings. The number of urea groups is 1. The van der Waals surface area contributed by atoms with Gasteiger partial charge in [-0.15, -0.1) is 0 Å². The quantitative estimate of drug-likeness (QED) is 0.494. The molecule has 0 atom stereocenters. The van der Waals surface area contributed by atoms with E-state index in [4.69, 9.17) is 0 Å². The number of likely N-dealkylation sites (tertiary alicyclic amines) is 1. The molecule has 3 amide bonds. The maximum atomic E-state index is 13.0. The third-order valence-electron chi connectivity index (χ3n) is 6.62. The van der Waals surface area contributed by atoms with Gasteiger partial charge >= 0.3 is 6.03 Å². The predicted octanol–water partition coefficient (Wildman–Crippen LogP) is 1.72. The maximum Gasteiger partial charge on any atom is 0.319 e. The SMILES string of the molecule is O=C(NCc1ccc(F)cc1)Nc1cc2c(=O)n(CC3(O)CCN(C(=O)C4CC4)CC3)cnn2c1. The number of aliphatic hydroxyl groups is 1. The molecule has 2 aromatic heterocycles. The van der Waals surface area contributed by atoms with E-state index in [2.05, 4.69) is 15.7 Å². The monoisotopic (exact) mass is 482 g/mol. The molecule has 3 heterocycles. The Bertz CT molecular complexity index is 1310. The summed E-state index contributed by atoms with van der Waals surface area (Å²) in [7, 11) is 0. The lowest BCUT2D eigenvalue weighted by atomic mass is 9.91. The van der Waals surface area contributed by atoms with Crippen LogP contribution in [0.4, 0.5) is 14.9 Å². The fraction of sp³-hybridized carbons (Fsp3) is 0.417. The van der Waals surface area contributed by atoms with E-state index in [1.165, 1.54) is 39.8 Å². The average Bonchev–Trinajstić information content (AvgIpc) is 3.61. The molecule has 1 saturated heterocycles. The Labute approximate surface area is 200 Å². The van der Waals surface area contributed by atoms with Crippen molar-refractivity contribution in [1.82, 2.24) is 24.4 Å². The predicted molar refractivity (Wildman–Crippen MR) is 125 cm³/mol. The molecule has 1 aliphatic carbocycles. The zero-order chi connectivity index (χ0) is 24.6. The number of nitrogens with zero attached hydrogens (tertiary/aromatic N) is 4. The molecule has 3 aromatic rings. The highest BCUT2D eigenvalue weighted by Crippen LogP contribution is 2.33. The number of anilines is 1. The standard InChI is InChI=1S/C24H27FN6O4/c25-18-5-1-16(2-6-18)12-26-23(34)28-19-11-20-22(33)30(15-27-31(20)13-19)14-24(35)7-9-29(10-8-24)21(32)17-3-4-17/h1-2,5-6,11,13,15,17,35H,3-4,7-10,12,14H2,(H2,26,28,34). The van der Waals surface area contributed by atoms with E-state index in [-0.39, 0.29) is 41.8 Å². The molecule has 184 valence electrons. The van der Waals surface area contributed by atoms with Crippen molar-refractivity contribution in [3.63, 3.8) is 0 Å². The Hall–Kier alpha value is -3.73. The fourth-order valence-electron chi connectivity index (χ4n) is 4.37. The van der Waals surface area contributed by atoms with Crippen LogP contribution in [0.2, 0.25) is 0 Å². The highest BCUT2D eigenvalue weighted by atomic mass is 19.1. The van der Waals surface area contributed by atoms with Gasteiger partial charge in [0.05, 0.1) is 24.0 Å². The lowest BCUT2D eigenvalue weighted by Crippen LogP contribution is -2.50. The second kappa shape index (κ2) is 9.14. The van der Waals surface area contributed by atoms with Gasteiger partial charge in [-0.25, -0.2) is 13.7 Å². The Balaban J connectivity index is 1.21. The first kappa shape index (κ1) is 23.0. The van der Waals surface area contributed by atoms with E-state index in [1.807, 2.05) is 4.90 Å². The molecule has 1 aromatic carbocycles. The molecule has 35 heavy (non-hydrogen) atoms. The van der Waals surface area contributed by atoms with Crippen LogP contribution in [0.15, 0.2) is 47.7 Å². The molecule has 0 bridgehead atoms. The van der Waals surface area contributed by atoms with Gasteiger partial charge in [-0.05, 0) is 49.4 Å². The van der Waals surface area contributed by atoms with E-state index < -0.39 is 11.6 Å². The highest BCUT2D eigenvalue weighted by Gasteiger charge is 2.39. The molecule has 0 spiro atoms. The van der Waals surface area contributed by atoms with Gasteiger partial charge in [0.2, 0.25) is 5.91 Å². The van der Waals surface area contributed by atoms with Gasteiger partial charge in [-0.3, -0.25) is 14.2 Å². The molecule has 0 unspecified atom stereocenters. The lowest BCUT2D eigenvalue weighted by molar-refractivity contribution is -0.137. The molecular formula is C24H27FN6O4. The van der Waals surface area contributed by atoms with Gasteiger partial charge < -0.3 is 20.6 Å². The van der Waals surface area contributed by atoms with Crippen molar-refractivity contribution >= 4 is 23.1 Å². The van der Waals surface area contributed by atoms with Crippen LogP contribution in [0.1, 0.15) is 31.2 Å². The number of aromatic nitrogens is 3. The van der Waals surface area contributed by atoms with E-state index >= 15 is 0 Å². The number of nitrogens with one attached hydrogen (secondary N) is 2. The van der Waals surface area contributed by atoms with Crippen LogP contribution in [-0.2, 0) is 17.9 Å². The van der Waals surface area contributed by atoms with Gasteiger partial charge in [0.25, 0.3) is 5.56 Å². The van der Waals surface area contributed by atoms with E-state index in [0.29, 0.717) is 31.6 Å². The summed E-state index contributed by atoms with van der Waals surface area (Å²) in [5.41, 5.74) is -0.0581.